The lowest BCUT2D eigenvalue weighted by atomic mass is 10.1. The van der Waals surface area contributed by atoms with Gasteiger partial charge in [-0.05, 0) is 37.6 Å². The molecule has 0 aliphatic rings. The first-order valence-electron chi connectivity index (χ1n) is 6.25. The molecule has 0 unspecified atom stereocenters. The highest BCUT2D eigenvalue weighted by Crippen LogP contribution is 2.27. The van der Waals surface area contributed by atoms with Crippen molar-refractivity contribution in [2.24, 2.45) is 0 Å². The SMILES string of the molecule is Cc1ccc(-c2nc(Cl)c3cc(F)ccc3n2)c(C)c1. The molecule has 1 aromatic heterocycles. The van der Waals surface area contributed by atoms with Gasteiger partial charge in [-0.25, -0.2) is 14.4 Å². The molecule has 0 N–H and O–H groups in total. The van der Waals surface area contributed by atoms with E-state index in [2.05, 4.69) is 16.0 Å². The summed E-state index contributed by atoms with van der Waals surface area (Å²) in [6, 6.07) is 10.4. The molecular formula is C16H12ClFN2. The molecule has 4 heteroatoms. The van der Waals surface area contributed by atoms with Gasteiger partial charge in [0.05, 0.1) is 5.52 Å². The van der Waals surface area contributed by atoms with Crippen LogP contribution in [0.4, 0.5) is 4.39 Å². The minimum Gasteiger partial charge on any atom is -0.228 e. The summed E-state index contributed by atoms with van der Waals surface area (Å²) < 4.78 is 13.2. The molecule has 0 aliphatic heterocycles. The highest BCUT2D eigenvalue weighted by atomic mass is 35.5. The summed E-state index contributed by atoms with van der Waals surface area (Å²) in [5.74, 6) is 0.217. The topological polar surface area (TPSA) is 25.8 Å². The first-order chi connectivity index (χ1) is 9.54. The van der Waals surface area contributed by atoms with Crippen molar-refractivity contribution in [2.75, 3.05) is 0 Å². The Kier molecular flexibility index (Phi) is 3.14. The van der Waals surface area contributed by atoms with Crippen LogP contribution in [0.2, 0.25) is 5.15 Å². The molecule has 0 saturated heterocycles. The van der Waals surface area contributed by atoms with Crippen LogP contribution in [0.1, 0.15) is 11.1 Å². The average molecular weight is 287 g/mol. The Morgan fingerprint density at radius 1 is 1.00 bits per heavy atom. The molecule has 1 heterocycles. The molecule has 0 saturated carbocycles. The zero-order chi connectivity index (χ0) is 14.3. The molecule has 0 amide bonds. The molecule has 0 radical (unpaired) electrons. The third-order valence-electron chi connectivity index (χ3n) is 3.23. The summed E-state index contributed by atoms with van der Waals surface area (Å²) in [5.41, 5.74) is 3.84. The van der Waals surface area contributed by atoms with Crippen LogP contribution in [0.5, 0.6) is 0 Å². The predicted molar refractivity (Wildman–Crippen MR) is 79.4 cm³/mol. The van der Waals surface area contributed by atoms with Gasteiger partial charge in [-0.3, -0.25) is 0 Å². The second-order valence-electron chi connectivity index (χ2n) is 4.82. The van der Waals surface area contributed by atoms with Gasteiger partial charge in [0.25, 0.3) is 0 Å². The van der Waals surface area contributed by atoms with Crippen LogP contribution >= 0.6 is 11.6 Å². The molecule has 2 nitrogen and oxygen atoms in total. The van der Waals surface area contributed by atoms with Gasteiger partial charge in [-0.1, -0.05) is 35.4 Å². The monoisotopic (exact) mass is 286 g/mol. The number of rotatable bonds is 1. The van der Waals surface area contributed by atoms with Crippen LogP contribution in [0.15, 0.2) is 36.4 Å². The standard InChI is InChI=1S/C16H12ClFN2/c1-9-3-5-12(10(2)7-9)16-19-14-6-4-11(18)8-13(14)15(17)20-16/h3-8H,1-2H3. The molecule has 0 aliphatic carbocycles. The zero-order valence-corrected chi connectivity index (χ0v) is 11.9. The van der Waals surface area contributed by atoms with Gasteiger partial charge in [-0.15, -0.1) is 0 Å². The maximum absolute atomic E-state index is 13.2. The fraction of sp³-hybridized carbons (Fsp3) is 0.125. The lowest BCUT2D eigenvalue weighted by Gasteiger charge is -2.08. The van der Waals surface area contributed by atoms with Crippen molar-refractivity contribution < 1.29 is 4.39 Å². The number of fused-ring (bicyclic) bond motifs is 1. The van der Waals surface area contributed by atoms with Crippen LogP contribution in [0.3, 0.4) is 0 Å². The average Bonchev–Trinajstić information content (AvgIpc) is 2.39. The zero-order valence-electron chi connectivity index (χ0n) is 11.1. The Morgan fingerprint density at radius 3 is 2.55 bits per heavy atom. The smallest absolute Gasteiger partial charge is 0.161 e. The summed E-state index contributed by atoms with van der Waals surface area (Å²) in [7, 11) is 0. The van der Waals surface area contributed by atoms with Crippen LogP contribution in [0, 0.1) is 19.7 Å². The van der Waals surface area contributed by atoms with Crippen molar-refractivity contribution in [3.05, 3.63) is 58.5 Å². The second kappa shape index (κ2) is 4.84. The Hall–Kier alpha value is -2.00. The highest BCUT2D eigenvalue weighted by Gasteiger charge is 2.10. The molecule has 2 aromatic carbocycles. The number of aryl methyl sites for hydroxylation is 2. The maximum Gasteiger partial charge on any atom is 0.161 e. The number of aromatic nitrogens is 2. The van der Waals surface area contributed by atoms with Gasteiger partial charge in [0, 0.05) is 10.9 Å². The number of halogens is 2. The molecule has 3 rings (SSSR count). The molecule has 0 spiro atoms. The molecular weight excluding hydrogens is 275 g/mol. The van der Waals surface area contributed by atoms with Crippen LogP contribution < -0.4 is 0 Å². The van der Waals surface area contributed by atoms with E-state index in [9.17, 15) is 4.39 Å². The van der Waals surface area contributed by atoms with Crippen molar-refractivity contribution in [2.45, 2.75) is 13.8 Å². The van der Waals surface area contributed by atoms with Gasteiger partial charge in [0.2, 0.25) is 0 Å². The number of hydrogen-bond donors (Lipinski definition) is 0. The Bertz CT molecular complexity index is 815. The molecule has 20 heavy (non-hydrogen) atoms. The first kappa shape index (κ1) is 13.0. The van der Waals surface area contributed by atoms with Gasteiger partial charge in [0.15, 0.2) is 5.82 Å². The van der Waals surface area contributed by atoms with Crippen molar-refractivity contribution >= 4 is 22.5 Å². The van der Waals surface area contributed by atoms with Gasteiger partial charge in [0.1, 0.15) is 11.0 Å². The Morgan fingerprint density at radius 2 is 1.80 bits per heavy atom. The summed E-state index contributed by atoms with van der Waals surface area (Å²) >= 11 is 6.15. The largest absolute Gasteiger partial charge is 0.228 e. The first-order valence-corrected chi connectivity index (χ1v) is 6.63. The van der Waals surface area contributed by atoms with E-state index < -0.39 is 0 Å². The van der Waals surface area contributed by atoms with Gasteiger partial charge >= 0.3 is 0 Å². The quantitative estimate of drug-likeness (QED) is 0.606. The Labute approximate surface area is 121 Å². The lowest BCUT2D eigenvalue weighted by molar-refractivity contribution is 0.629. The van der Waals surface area contributed by atoms with E-state index in [0.717, 1.165) is 11.1 Å². The minimum absolute atomic E-state index is 0.268. The van der Waals surface area contributed by atoms with E-state index in [1.165, 1.54) is 17.7 Å². The minimum atomic E-state index is -0.345. The summed E-state index contributed by atoms with van der Waals surface area (Å²) in [6.07, 6.45) is 0. The van der Waals surface area contributed by atoms with Gasteiger partial charge in [-0.2, -0.15) is 0 Å². The van der Waals surface area contributed by atoms with E-state index in [4.69, 9.17) is 11.6 Å². The maximum atomic E-state index is 13.2. The fourth-order valence-electron chi connectivity index (χ4n) is 2.25. The second-order valence-corrected chi connectivity index (χ2v) is 5.18. The van der Waals surface area contributed by atoms with Crippen molar-refractivity contribution in [3.63, 3.8) is 0 Å². The Balaban J connectivity index is 2.24. The summed E-state index contributed by atoms with van der Waals surface area (Å²) in [6.45, 7) is 4.04. The van der Waals surface area contributed by atoms with E-state index in [-0.39, 0.29) is 11.0 Å². The molecule has 3 aromatic rings. The molecule has 0 bridgehead atoms. The van der Waals surface area contributed by atoms with E-state index in [1.54, 1.807) is 6.07 Å². The molecule has 100 valence electrons. The van der Waals surface area contributed by atoms with Crippen molar-refractivity contribution in [1.29, 1.82) is 0 Å². The summed E-state index contributed by atoms with van der Waals surface area (Å²) in [5, 5.41) is 0.796. The van der Waals surface area contributed by atoms with E-state index >= 15 is 0 Å². The normalized spacial score (nSPS) is 11.0. The van der Waals surface area contributed by atoms with Crippen LogP contribution in [-0.2, 0) is 0 Å². The van der Waals surface area contributed by atoms with Gasteiger partial charge < -0.3 is 0 Å². The van der Waals surface area contributed by atoms with Crippen molar-refractivity contribution in [3.8, 4) is 11.4 Å². The highest BCUT2D eigenvalue weighted by molar-refractivity contribution is 6.34. The molecule has 0 fully saturated rings. The number of nitrogens with zero attached hydrogens (tertiary/aromatic N) is 2. The third-order valence-corrected chi connectivity index (χ3v) is 3.52. The van der Waals surface area contributed by atoms with Crippen LogP contribution in [0.25, 0.3) is 22.3 Å². The van der Waals surface area contributed by atoms with Crippen molar-refractivity contribution in [1.82, 2.24) is 9.97 Å². The summed E-state index contributed by atoms with van der Waals surface area (Å²) in [4.78, 5) is 8.77. The third kappa shape index (κ3) is 2.25. The predicted octanol–water partition coefficient (Wildman–Crippen LogP) is 4.71. The number of hydrogen-bond acceptors (Lipinski definition) is 2. The fourth-order valence-corrected chi connectivity index (χ4v) is 2.48. The molecule has 0 atom stereocenters. The lowest BCUT2D eigenvalue weighted by Crippen LogP contribution is -1.94. The number of benzene rings is 2. The van der Waals surface area contributed by atoms with E-state index in [0.29, 0.717) is 16.7 Å². The van der Waals surface area contributed by atoms with Crippen LogP contribution in [-0.4, -0.2) is 9.97 Å². The van der Waals surface area contributed by atoms with E-state index in [1.807, 2.05) is 26.0 Å².